The Labute approximate surface area is 110 Å². The molecule has 0 spiro atoms. The van der Waals surface area contributed by atoms with E-state index in [1.54, 1.807) is 0 Å². The van der Waals surface area contributed by atoms with Crippen LogP contribution in [0.4, 0.5) is 8.78 Å². The minimum absolute atomic E-state index is 0.0532. The van der Waals surface area contributed by atoms with E-state index in [2.05, 4.69) is 21.2 Å². The summed E-state index contributed by atoms with van der Waals surface area (Å²) in [7, 11) is 0. The summed E-state index contributed by atoms with van der Waals surface area (Å²) in [5.74, 6) is -2.83. The van der Waals surface area contributed by atoms with Gasteiger partial charge in [0, 0.05) is 30.1 Å². The molecule has 0 saturated heterocycles. The standard InChI is InChI=1S/C12H20BrF2NO/c1-9(3-2-8-13)16-11(17)10-4-6-12(14,15)7-5-10/h9-10H,2-8H2,1H3,(H,16,17). The quantitative estimate of drug-likeness (QED) is 0.774. The third-order valence-corrected chi connectivity index (χ3v) is 3.81. The van der Waals surface area contributed by atoms with Gasteiger partial charge in [0.2, 0.25) is 11.8 Å². The van der Waals surface area contributed by atoms with E-state index in [1.807, 2.05) is 6.92 Å². The monoisotopic (exact) mass is 311 g/mol. The van der Waals surface area contributed by atoms with Crippen molar-refractivity contribution in [2.24, 2.45) is 5.92 Å². The molecule has 1 aliphatic carbocycles. The second-order valence-electron chi connectivity index (χ2n) is 4.87. The van der Waals surface area contributed by atoms with E-state index in [0.717, 1.165) is 18.2 Å². The molecule has 2 nitrogen and oxygen atoms in total. The van der Waals surface area contributed by atoms with E-state index in [4.69, 9.17) is 0 Å². The van der Waals surface area contributed by atoms with E-state index >= 15 is 0 Å². The van der Waals surface area contributed by atoms with Crippen LogP contribution in [0, 0.1) is 5.92 Å². The molecule has 1 N–H and O–H groups in total. The smallest absolute Gasteiger partial charge is 0.248 e. The van der Waals surface area contributed by atoms with Crippen LogP contribution >= 0.6 is 15.9 Å². The molecule has 0 aliphatic heterocycles. The van der Waals surface area contributed by atoms with Crippen molar-refractivity contribution in [1.82, 2.24) is 5.32 Å². The third-order valence-electron chi connectivity index (χ3n) is 3.25. The van der Waals surface area contributed by atoms with Crippen LogP contribution in [0.1, 0.15) is 45.4 Å². The van der Waals surface area contributed by atoms with E-state index in [-0.39, 0.29) is 30.7 Å². The summed E-state index contributed by atoms with van der Waals surface area (Å²) in [6.45, 7) is 1.96. The van der Waals surface area contributed by atoms with Crippen molar-refractivity contribution in [3.63, 3.8) is 0 Å². The van der Waals surface area contributed by atoms with Crippen molar-refractivity contribution in [3.05, 3.63) is 0 Å². The number of carbonyl (C=O) groups excluding carboxylic acids is 1. The third kappa shape index (κ3) is 5.32. The lowest BCUT2D eigenvalue weighted by molar-refractivity contribution is -0.129. The summed E-state index contributed by atoms with van der Waals surface area (Å²) < 4.78 is 25.9. The van der Waals surface area contributed by atoms with Crippen LogP contribution in [0.3, 0.4) is 0 Å². The number of carbonyl (C=O) groups is 1. The molecule has 0 aromatic rings. The fourth-order valence-corrected chi connectivity index (χ4v) is 2.44. The van der Waals surface area contributed by atoms with Crippen LogP contribution in [0.15, 0.2) is 0 Å². The Morgan fingerprint density at radius 3 is 2.59 bits per heavy atom. The largest absolute Gasteiger partial charge is 0.353 e. The van der Waals surface area contributed by atoms with E-state index in [0.29, 0.717) is 12.8 Å². The summed E-state index contributed by atoms with van der Waals surface area (Å²) in [5, 5.41) is 3.83. The Kier molecular flexibility index (Phi) is 5.83. The molecule has 17 heavy (non-hydrogen) atoms. The molecule has 0 heterocycles. The zero-order valence-electron chi connectivity index (χ0n) is 10.1. The van der Waals surface area contributed by atoms with Gasteiger partial charge in [-0.15, -0.1) is 0 Å². The van der Waals surface area contributed by atoms with Gasteiger partial charge in [-0.05, 0) is 32.6 Å². The molecule has 1 unspecified atom stereocenters. The van der Waals surface area contributed by atoms with E-state index in [1.165, 1.54) is 0 Å². The van der Waals surface area contributed by atoms with Gasteiger partial charge in [-0.2, -0.15) is 0 Å². The van der Waals surface area contributed by atoms with Crippen LogP contribution in [0.25, 0.3) is 0 Å². The predicted octanol–water partition coefficient (Wildman–Crippen LogP) is 3.49. The molecule has 0 radical (unpaired) electrons. The fourth-order valence-electron chi connectivity index (χ4n) is 2.12. The highest BCUT2D eigenvalue weighted by atomic mass is 79.9. The first kappa shape index (κ1) is 14.9. The van der Waals surface area contributed by atoms with Gasteiger partial charge >= 0.3 is 0 Å². The molecule has 0 aromatic carbocycles. The maximum Gasteiger partial charge on any atom is 0.248 e. The molecular formula is C12H20BrF2NO. The van der Waals surface area contributed by atoms with Gasteiger partial charge in [-0.1, -0.05) is 15.9 Å². The lowest BCUT2D eigenvalue weighted by Gasteiger charge is -2.28. The lowest BCUT2D eigenvalue weighted by atomic mass is 9.86. The highest BCUT2D eigenvalue weighted by Gasteiger charge is 2.37. The number of nitrogens with one attached hydrogen (secondary N) is 1. The molecule has 100 valence electrons. The molecule has 1 saturated carbocycles. The van der Waals surface area contributed by atoms with Gasteiger partial charge in [0.05, 0.1) is 0 Å². The second-order valence-corrected chi connectivity index (χ2v) is 5.66. The summed E-state index contributed by atoms with van der Waals surface area (Å²) in [4.78, 5) is 11.8. The molecule has 5 heteroatoms. The van der Waals surface area contributed by atoms with Crippen molar-refractivity contribution in [2.45, 2.75) is 57.4 Å². The molecule has 1 rings (SSSR count). The first-order valence-electron chi connectivity index (χ1n) is 6.19. The predicted molar refractivity (Wildman–Crippen MR) is 67.5 cm³/mol. The van der Waals surface area contributed by atoms with Crippen molar-refractivity contribution in [3.8, 4) is 0 Å². The minimum atomic E-state index is -2.56. The number of halogens is 3. The highest BCUT2D eigenvalue weighted by molar-refractivity contribution is 9.09. The van der Waals surface area contributed by atoms with Crippen LogP contribution < -0.4 is 5.32 Å². The molecular weight excluding hydrogens is 292 g/mol. The van der Waals surface area contributed by atoms with Gasteiger partial charge in [0.1, 0.15) is 0 Å². The van der Waals surface area contributed by atoms with Crippen LogP contribution in [0.5, 0.6) is 0 Å². The Hall–Kier alpha value is -0.190. The summed E-state index contributed by atoms with van der Waals surface area (Å²) >= 11 is 3.34. The summed E-state index contributed by atoms with van der Waals surface area (Å²) in [6, 6.07) is 0.127. The fraction of sp³-hybridized carbons (Fsp3) is 0.917. The lowest BCUT2D eigenvalue weighted by Crippen LogP contribution is -2.40. The maximum atomic E-state index is 12.9. The van der Waals surface area contributed by atoms with Crippen molar-refractivity contribution < 1.29 is 13.6 Å². The second kappa shape index (κ2) is 6.66. The maximum absolute atomic E-state index is 12.9. The Morgan fingerprint density at radius 1 is 1.47 bits per heavy atom. The van der Waals surface area contributed by atoms with E-state index < -0.39 is 5.92 Å². The molecule has 0 bridgehead atoms. The zero-order chi connectivity index (χ0) is 12.9. The van der Waals surface area contributed by atoms with Crippen molar-refractivity contribution in [2.75, 3.05) is 5.33 Å². The number of hydrogen-bond donors (Lipinski definition) is 1. The van der Waals surface area contributed by atoms with Gasteiger partial charge in [-0.3, -0.25) is 4.79 Å². The molecule has 0 aromatic heterocycles. The molecule has 1 aliphatic rings. The highest BCUT2D eigenvalue weighted by Crippen LogP contribution is 2.36. The molecule has 1 atom stereocenters. The number of hydrogen-bond acceptors (Lipinski definition) is 1. The first-order chi connectivity index (χ1) is 7.94. The number of amides is 1. The minimum Gasteiger partial charge on any atom is -0.353 e. The van der Waals surface area contributed by atoms with Crippen molar-refractivity contribution >= 4 is 21.8 Å². The Morgan fingerprint density at radius 2 is 2.06 bits per heavy atom. The Balaban J connectivity index is 2.29. The normalized spacial score (nSPS) is 22.1. The number of alkyl halides is 3. The zero-order valence-corrected chi connectivity index (χ0v) is 11.7. The Bertz CT molecular complexity index is 251. The van der Waals surface area contributed by atoms with Gasteiger partial charge in [0.15, 0.2) is 0 Å². The average molecular weight is 312 g/mol. The van der Waals surface area contributed by atoms with Gasteiger partial charge < -0.3 is 5.32 Å². The molecule has 1 fully saturated rings. The number of rotatable bonds is 5. The molecule has 1 amide bonds. The topological polar surface area (TPSA) is 29.1 Å². The van der Waals surface area contributed by atoms with Crippen LogP contribution in [-0.4, -0.2) is 23.2 Å². The van der Waals surface area contributed by atoms with E-state index in [9.17, 15) is 13.6 Å². The van der Waals surface area contributed by atoms with Crippen LogP contribution in [-0.2, 0) is 4.79 Å². The average Bonchev–Trinajstić information content (AvgIpc) is 2.26. The summed E-state index contributed by atoms with van der Waals surface area (Å²) in [5.41, 5.74) is 0. The summed E-state index contributed by atoms with van der Waals surface area (Å²) in [6.07, 6.45) is 2.24. The van der Waals surface area contributed by atoms with Gasteiger partial charge in [-0.25, -0.2) is 8.78 Å². The van der Waals surface area contributed by atoms with Crippen LogP contribution in [0.2, 0.25) is 0 Å². The van der Waals surface area contributed by atoms with Crippen molar-refractivity contribution in [1.29, 1.82) is 0 Å². The van der Waals surface area contributed by atoms with Gasteiger partial charge in [0.25, 0.3) is 0 Å². The SMILES string of the molecule is CC(CCCBr)NC(=O)C1CCC(F)(F)CC1. The first-order valence-corrected chi connectivity index (χ1v) is 7.31.